The third-order valence-electron chi connectivity index (χ3n) is 19.7. The van der Waals surface area contributed by atoms with E-state index in [4.69, 9.17) is 36.9 Å². The molecule has 0 saturated carbocycles. The van der Waals surface area contributed by atoms with Gasteiger partial charge in [-0.05, 0) is 181 Å². The summed E-state index contributed by atoms with van der Waals surface area (Å²) >= 11 is 13.7. The summed E-state index contributed by atoms with van der Waals surface area (Å²) in [5.41, 5.74) is 11.8. The van der Waals surface area contributed by atoms with Gasteiger partial charge in [0.15, 0.2) is 0 Å². The molecule has 0 spiro atoms. The van der Waals surface area contributed by atoms with Crippen molar-refractivity contribution in [1.82, 2.24) is 79.5 Å². The number of H-pyrrole nitrogens is 1. The van der Waals surface area contributed by atoms with Crippen molar-refractivity contribution in [2.24, 2.45) is 42.3 Å². The van der Waals surface area contributed by atoms with Gasteiger partial charge in [-0.1, -0.05) is 0 Å². The molecular weight excluding hydrogens is 1980 g/mol. The number of methoxy groups -OCH3 is 2. The van der Waals surface area contributed by atoms with Crippen LogP contribution in [-0.2, 0) is 108 Å². The fourth-order valence-corrected chi connectivity index (χ4v) is 16.0. The van der Waals surface area contributed by atoms with Gasteiger partial charge in [0.05, 0.1) is 164 Å². The van der Waals surface area contributed by atoms with Gasteiger partial charge < -0.3 is 49.5 Å². The summed E-state index contributed by atoms with van der Waals surface area (Å²) < 4.78 is 56.6. The predicted molar refractivity (Wildman–Crippen MR) is 464 cm³/mol. The van der Waals surface area contributed by atoms with E-state index in [1.54, 1.807) is 120 Å². The number of aromatic nitrogens is 14. The maximum absolute atomic E-state index is 12.1. The zero-order chi connectivity index (χ0) is 83.8. The number of aromatic hydroxyl groups is 1. The number of hydrogen-bond acceptors (Lipinski definition) is 22. The Kier molecular flexibility index (Phi) is 29.2. The maximum atomic E-state index is 12.1. The third-order valence-corrected chi connectivity index (χ3v) is 23.0. The Morgan fingerprint density at radius 2 is 0.875 bits per heavy atom. The first-order valence-electron chi connectivity index (χ1n) is 36.8. The number of furan rings is 3. The Morgan fingerprint density at radius 3 is 1.33 bits per heavy atom. The molecule has 31 nitrogen and oxygen atoms in total. The van der Waals surface area contributed by atoms with Gasteiger partial charge in [0.1, 0.15) is 46.4 Å². The molecule has 10 aromatic heterocycles. The Bertz CT molecular complexity index is 6530. The van der Waals surface area contributed by atoms with E-state index in [0.29, 0.717) is 55.7 Å². The number of halogens is 4. The Balaban J connectivity index is 0.000000138. The van der Waals surface area contributed by atoms with Crippen molar-refractivity contribution < 1.29 is 91.9 Å². The standard InChI is InChI=1S/2C15H13N3O3.C14H15BrN2O3.C14H14N2O3.C9H9BrN2O.2C8H7BrN2O.CH3.W/c2*1-18-11-3-4-12-14(9(11)6-16-18)10(7-21-12)8-2-5-13(19)17-15(8)20;1-3-19-13(18)5-4-8-20-12-7-6-11-10(14(12)15)9-16-17(11)2;1-3-18-13(17)6-9-8-19-12-5-4-11-10(14(9)12)7-15-16(11)2;1-12-7-3-4-8(13-2)9(10)6(7)5-11-12;1-12-7-3-2-6-5(8(7)9)4-10-11-6;1-11-6-2-3-7(12)8(9)5(6)4-10-11;;/h2*3-4,6-8H,2,5H2,1H3,(H,17,19,20);4-7,9H,3,8H2,1-2H3;4-5,7-8H,3,6H2,1-2H3;3-5H,1-2H3;2-4H,1H3,(H,10,11);2-4,12H,1H3;1H3;/q;;;;;;;-1;/b;;5-4+;;;;;;. The van der Waals surface area contributed by atoms with Gasteiger partial charge >= 0.3 is 11.9 Å². The molecule has 0 aliphatic carbocycles. The summed E-state index contributed by atoms with van der Waals surface area (Å²) in [5, 5.41) is 55.8. The maximum Gasteiger partial charge on any atom is 0.330 e. The largest absolute Gasteiger partial charge is 0.507 e. The van der Waals surface area contributed by atoms with Crippen LogP contribution in [-0.4, -0.2) is 144 Å². The second kappa shape index (κ2) is 39.4. The molecular formula is C84H81Br4N16O15W-. The molecule has 36 heteroatoms. The van der Waals surface area contributed by atoms with E-state index in [1.165, 1.54) is 6.08 Å². The molecule has 120 heavy (non-hydrogen) atoms. The van der Waals surface area contributed by atoms with Crippen LogP contribution in [0.3, 0.4) is 0 Å². The van der Waals surface area contributed by atoms with Gasteiger partial charge in [0.25, 0.3) is 0 Å². The number of benzene rings is 7. The van der Waals surface area contributed by atoms with Crippen molar-refractivity contribution in [2.75, 3.05) is 34.0 Å². The molecule has 0 bridgehead atoms. The molecule has 2 aliphatic rings. The molecule has 622 valence electrons. The number of rotatable bonds is 12. The van der Waals surface area contributed by atoms with Crippen LogP contribution >= 0.6 is 63.7 Å². The van der Waals surface area contributed by atoms with Crippen molar-refractivity contribution in [3.05, 3.63) is 201 Å². The van der Waals surface area contributed by atoms with Crippen LogP contribution in [0.4, 0.5) is 0 Å². The van der Waals surface area contributed by atoms with Gasteiger partial charge in [-0.3, -0.25) is 67.8 Å². The summed E-state index contributed by atoms with van der Waals surface area (Å²) in [6, 6.07) is 26.6. The monoisotopic (exact) mass is 2050 g/mol. The molecule has 7 aromatic carbocycles. The molecule has 2 saturated heterocycles. The second-order valence-corrected chi connectivity index (χ2v) is 30.1. The van der Waals surface area contributed by atoms with Crippen LogP contribution in [0.2, 0.25) is 0 Å². The number of carbonyl (C=O) groups excluding carboxylic acids is 6. The molecule has 19 rings (SSSR count). The van der Waals surface area contributed by atoms with Gasteiger partial charge in [0.2, 0.25) is 23.6 Å². The summed E-state index contributed by atoms with van der Waals surface area (Å²) in [6.07, 6.45) is 22.2. The summed E-state index contributed by atoms with van der Waals surface area (Å²) in [5.74, 6) is 0.364. The van der Waals surface area contributed by atoms with Crippen molar-refractivity contribution in [3.63, 3.8) is 0 Å². The number of phenols is 1. The van der Waals surface area contributed by atoms with E-state index in [-0.39, 0.29) is 88.1 Å². The number of piperidine rings is 2. The molecule has 12 heterocycles. The number of hydrogen-bond donors (Lipinski definition) is 4. The fraction of sp³-hybridized carbons (Fsp3) is 0.238. The average Bonchev–Trinajstić information content (AvgIpc) is 1.60. The molecule has 2 fully saturated rings. The fourth-order valence-electron chi connectivity index (χ4n) is 13.8. The van der Waals surface area contributed by atoms with Crippen LogP contribution in [0.25, 0.3) is 109 Å². The van der Waals surface area contributed by atoms with Crippen molar-refractivity contribution in [1.29, 1.82) is 0 Å². The normalized spacial score (nSPS) is 13.7. The number of esters is 2. The number of ether oxygens (including phenoxy) is 5. The van der Waals surface area contributed by atoms with Gasteiger partial charge in [-0.15, -0.1) is 0 Å². The molecule has 0 radical (unpaired) electrons. The van der Waals surface area contributed by atoms with E-state index in [0.717, 1.165) is 151 Å². The number of fused-ring (bicyclic) bond motifs is 13. The van der Waals surface area contributed by atoms with Crippen molar-refractivity contribution in [2.45, 2.75) is 57.8 Å². The van der Waals surface area contributed by atoms with Crippen LogP contribution in [0.5, 0.6) is 23.0 Å². The zero-order valence-electron chi connectivity index (χ0n) is 66.7. The van der Waals surface area contributed by atoms with Crippen LogP contribution in [0.15, 0.2) is 190 Å². The summed E-state index contributed by atoms with van der Waals surface area (Å²) in [6.45, 7) is 4.61. The third kappa shape index (κ3) is 18.9. The van der Waals surface area contributed by atoms with Crippen LogP contribution < -0.4 is 24.8 Å². The number of nitrogens with one attached hydrogen (secondary N) is 3. The topological polar surface area (TPSA) is 368 Å². The smallest absolute Gasteiger partial charge is 0.330 e. The summed E-state index contributed by atoms with van der Waals surface area (Å²) in [4.78, 5) is 69.5. The Hall–Kier alpha value is -11.8. The van der Waals surface area contributed by atoms with E-state index in [2.05, 4.69) is 115 Å². The Morgan fingerprint density at radius 1 is 0.492 bits per heavy atom. The predicted octanol–water partition coefficient (Wildman–Crippen LogP) is 16.1. The van der Waals surface area contributed by atoms with Crippen LogP contribution in [0, 0.1) is 7.43 Å². The molecule has 17 aromatic rings. The van der Waals surface area contributed by atoms with Crippen LogP contribution in [0.1, 0.15) is 68.1 Å². The number of nitrogens with zero attached hydrogens (tertiary/aromatic N) is 13. The second-order valence-electron chi connectivity index (χ2n) is 26.9. The van der Waals surface area contributed by atoms with Gasteiger partial charge in [0, 0.05) is 153 Å². The number of aromatic amines is 1. The summed E-state index contributed by atoms with van der Waals surface area (Å²) in [7, 11) is 14.6. The SMILES string of the molecule is CCOC(=O)/C=C/COc1ccc2c(cnn2C)c1Br.CCOC(=O)Cc1coc2ccc3c(cnn3C)c12.COc1ccc2[nH]ncc2c1Br.COc1ccc2c(cnn2C)c1Br.Cn1ncc2c(Br)c(O)ccc21.Cn1ncc2c3c(C4CCC(=O)NC4=O)coc3ccc21.Cn1ncc2c3c(C4CCC(=O)NC4=O)coc3ccc21.[CH3-].[W]. The minimum Gasteiger partial charge on any atom is -0.507 e. The zero-order valence-corrected chi connectivity index (χ0v) is 76.0. The van der Waals surface area contributed by atoms with E-state index >= 15 is 0 Å². The molecule has 4 N–H and O–H groups in total. The quantitative estimate of drug-likeness (QED) is 0.0382. The number of phenolic OH excluding ortho intramolecular Hbond substituents is 1. The minimum absolute atomic E-state index is 0. The number of aryl methyl sites for hydroxylation is 6. The average molecular weight is 2060 g/mol. The molecule has 4 amide bonds. The van der Waals surface area contributed by atoms with E-state index in [9.17, 15) is 33.9 Å². The van der Waals surface area contributed by atoms with Gasteiger partial charge in [-0.2, -0.15) is 35.7 Å². The first-order valence-corrected chi connectivity index (χ1v) is 40.0. The molecule has 2 unspecified atom stereocenters. The molecule has 2 aliphatic heterocycles. The van der Waals surface area contributed by atoms with E-state index < -0.39 is 0 Å². The molecule has 2 atom stereocenters. The first kappa shape index (κ1) is 89.0. The number of carbonyl (C=O) groups is 6. The Labute approximate surface area is 732 Å². The van der Waals surface area contributed by atoms with Gasteiger partial charge in [-0.25, -0.2) is 4.79 Å². The first-order chi connectivity index (χ1) is 56.9. The number of imide groups is 2. The number of amides is 4. The minimum atomic E-state index is -0.363. The van der Waals surface area contributed by atoms with Crippen molar-refractivity contribution >= 4 is 209 Å². The van der Waals surface area contributed by atoms with Crippen molar-refractivity contribution in [3.8, 4) is 23.0 Å². The van der Waals surface area contributed by atoms with E-state index in [1.807, 2.05) is 132 Å².